The third-order valence-corrected chi connectivity index (χ3v) is 2.64. The van der Waals surface area contributed by atoms with Gasteiger partial charge in [-0.2, -0.15) is 5.10 Å². The molecule has 10 heavy (non-hydrogen) atoms. The van der Waals surface area contributed by atoms with Crippen LogP contribution in [0.2, 0.25) is 0 Å². The molecule has 0 fully saturated rings. The van der Waals surface area contributed by atoms with Gasteiger partial charge in [0.15, 0.2) is 0 Å². The zero-order valence-corrected chi connectivity index (χ0v) is 6.63. The molecule has 0 aliphatic heterocycles. The molecule has 1 N–H and O–H groups in total. The smallest absolute Gasteiger partial charge is 0.0771 e. The quantitative estimate of drug-likeness (QED) is 0.612. The Morgan fingerprint density at radius 2 is 2.50 bits per heavy atom. The van der Waals surface area contributed by atoms with Crippen molar-refractivity contribution in [1.82, 2.24) is 10.2 Å². The molecule has 0 spiro atoms. The monoisotopic (exact) mass is 168 g/mol. The maximum atomic E-state index is 5.04. The minimum absolute atomic E-state index is 0.823. The molecule has 0 radical (unpaired) electrons. The van der Waals surface area contributed by atoms with Gasteiger partial charge in [0.25, 0.3) is 0 Å². The first-order valence-electron chi connectivity index (χ1n) is 2.79. The maximum Gasteiger partial charge on any atom is 0.0771 e. The van der Waals surface area contributed by atoms with Crippen molar-refractivity contribution in [3.8, 4) is 0 Å². The Kier molecular flexibility index (Phi) is 1.28. The van der Waals surface area contributed by atoms with Crippen molar-refractivity contribution in [2.24, 2.45) is 0 Å². The highest BCUT2D eigenvalue weighted by molar-refractivity contribution is 7.72. The summed E-state index contributed by atoms with van der Waals surface area (Å²) < 4.78 is 1.94. The summed E-state index contributed by atoms with van der Waals surface area (Å²) in [6, 6.07) is 1.98. The number of thiophene rings is 1. The summed E-state index contributed by atoms with van der Waals surface area (Å²) >= 11 is 6.67. The number of aromatic nitrogens is 2. The lowest BCUT2D eigenvalue weighted by atomic mass is 10.5. The average molecular weight is 168 g/mol. The summed E-state index contributed by atoms with van der Waals surface area (Å²) in [7, 11) is 0. The highest BCUT2D eigenvalue weighted by Gasteiger charge is 1.93. The van der Waals surface area contributed by atoms with Gasteiger partial charge >= 0.3 is 0 Å². The lowest BCUT2D eigenvalue weighted by molar-refractivity contribution is 1.08. The van der Waals surface area contributed by atoms with Crippen LogP contribution in [0.25, 0.3) is 10.2 Å². The molecule has 50 valence electrons. The molecule has 0 saturated carbocycles. The van der Waals surface area contributed by atoms with E-state index in [0.717, 1.165) is 14.7 Å². The van der Waals surface area contributed by atoms with Crippen LogP contribution in [0.1, 0.15) is 0 Å². The molecule has 0 saturated heterocycles. The summed E-state index contributed by atoms with van der Waals surface area (Å²) in [6.45, 7) is 0. The van der Waals surface area contributed by atoms with Crippen LogP contribution < -0.4 is 0 Å². The largest absolute Gasteiger partial charge is 0.277 e. The molecule has 0 aliphatic rings. The van der Waals surface area contributed by atoms with Crippen LogP contribution in [-0.4, -0.2) is 10.2 Å². The van der Waals surface area contributed by atoms with Gasteiger partial charge in [0.1, 0.15) is 0 Å². The van der Waals surface area contributed by atoms with E-state index >= 15 is 0 Å². The summed E-state index contributed by atoms with van der Waals surface area (Å²) in [5, 5.41) is 8.73. The van der Waals surface area contributed by atoms with Crippen LogP contribution in [0, 0.1) is 4.51 Å². The third kappa shape index (κ3) is 0.767. The number of hydrogen-bond acceptors (Lipinski definition) is 3. The van der Waals surface area contributed by atoms with Gasteiger partial charge in [0.05, 0.1) is 20.9 Å². The first-order valence-corrected chi connectivity index (χ1v) is 4.07. The Bertz CT molecular complexity index is 401. The van der Waals surface area contributed by atoms with Crippen molar-refractivity contribution in [2.75, 3.05) is 0 Å². The molecular formula is C6H4N2S2. The normalized spacial score (nSPS) is 10.4. The van der Waals surface area contributed by atoms with Gasteiger partial charge in [-0.25, -0.2) is 0 Å². The zero-order valence-electron chi connectivity index (χ0n) is 5.00. The van der Waals surface area contributed by atoms with E-state index < -0.39 is 0 Å². The molecule has 0 unspecified atom stereocenters. The molecule has 2 aromatic heterocycles. The highest BCUT2D eigenvalue weighted by Crippen LogP contribution is 2.17. The van der Waals surface area contributed by atoms with Crippen molar-refractivity contribution in [1.29, 1.82) is 0 Å². The predicted molar refractivity (Wildman–Crippen MR) is 44.8 cm³/mol. The molecule has 4 heteroatoms. The fraction of sp³-hybridized carbons (Fsp3) is 0. The van der Waals surface area contributed by atoms with Crippen LogP contribution in [0.4, 0.5) is 0 Å². The van der Waals surface area contributed by atoms with Gasteiger partial charge in [-0.05, 0) is 11.4 Å². The fourth-order valence-electron chi connectivity index (χ4n) is 0.807. The van der Waals surface area contributed by atoms with Crippen LogP contribution in [0.3, 0.4) is 0 Å². The molecule has 0 aliphatic carbocycles. The number of nitrogens with one attached hydrogen (secondary N) is 1. The number of rotatable bonds is 0. The fourth-order valence-corrected chi connectivity index (χ4v) is 1.86. The molecule has 2 nitrogen and oxygen atoms in total. The first-order chi connectivity index (χ1) is 4.88. The number of hydrogen-bond donors (Lipinski definition) is 1. The SMILES string of the molecule is S=c1cn[nH]c2ccsc12. The van der Waals surface area contributed by atoms with Gasteiger partial charge in [-0.3, -0.25) is 5.10 Å². The topological polar surface area (TPSA) is 28.7 Å². The minimum atomic E-state index is 0.823. The van der Waals surface area contributed by atoms with Gasteiger partial charge in [-0.15, -0.1) is 11.3 Å². The Morgan fingerprint density at radius 3 is 3.30 bits per heavy atom. The minimum Gasteiger partial charge on any atom is -0.277 e. The Labute approximate surface area is 66.5 Å². The lowest BCUT2D eigenvalue weighted by Crippen LogP contribution is -1.77. The number of fused-ring (bicyclic) bond motifs is 1. The van der Waals surface area contributed by atoms with E-state index in [1.807, 2.05) is 11.4 Å². The molecule has 0 bridgehead atoms. The van der Waals surface area contributed by atoms with Crippen molar-refractivity contribution < 1.29 is 0 Å². The molecule has 0 amide bonds. The number of aromatic amines is 1. The van der Waals surface area contributed by atoms with Gasteiger partial charge in [0.2, 0.25) is 0 Å². The second kappa shape index (κ2) is 2.14. The Hall–Kier alpha value is -0.740. The average Bonchev–Trinajstić information content (AvgIpc) is 2.36. The second-order valence-corrected chi connectivity index (χ2v) is 3.25. The van der Waals surface area contributed by atoms with E-state index in [4.69, 9.17) is 12.2 Å². The molecule has 0 aromatic carbocycles. The maximum absolute atomic E-state index is 5.04. The van der Waals surface area contributed by atoms with Crippen molar-refractivity contribution in [3.63, 3.8) is 0 Å². The van der Waals surface area contributed by atoms with Crippen molar-refractivity contribution in [2.45, 2.75) is 0 Å². The predicted octanol–water partition coefficient (Wildman–Crippen LogP) is 2.35. The van der Waals surface area contributed by atoms with E-state index in [0.29, 0.717) is 0 Å². The Balaban J connectivity index is 3.09. The molecular weight excluding hydrogens is 164 g/mol. The van der Waals surface area contributed by atoms with Gasteiger partial charge in [-0.1, -0.05) is 12.2 Å². The summed E-state index contributed by atoms with van der Waals surface area (Å²) in [5.41, 5.74) is 1.03. The number of H-pyrrole nitrogens is 1. The van der Waals surface area contributed by atoms with Crippen LogP contribution in [0.15, 0.2) is 17.6 Å². The number of nitrogens with zero attached hydrogens (tertiary/aromatic N) is 1. The molecule has 2 heterocycles. The third-order valence-electron chi connectivity index (χ3n) is 1.26. The van der Waals surface area contributed by atoms with E-state index in [1.165, 1.54) is 0 Å². The van der Waals surface area contributed by atoms with Crippen LogP contribution in [-0.2, 0) is 0 Å². The van der Waals surface area contributed by atoms with E-state index in [2.05, 4.69) is 10.2 Å². The van der Waals surface area contributed by atoms with Crippen molar-refractivity contribution >= 4 is 33.8 Å². The van der Waals surface area contributed by atoms with Crippen LogP contribution >= 0.6 is 23.6 Å². The Morgan fingerprint density at radius 1 is 1.60 bits per heavy atom. The highest BCUT2D eigenvalue weighted by atomic mass is 32.1. The molecule has 2 rings (SSSR count). The van der Waals surface area contributed by atoms with Crippen LogP contribution in [0.5, 0.6) is 0 Å². The zero-order chi connectivity index (χ0) is 6.97. The first kappa shape index (κ1) is 6.00. The van der Waals surface area contributed by atoms with Gasteiger partial charge in [0, 0.05) is 0 Å². The second-order valence-electron chi connectivity index (χ2n) is 1.90. The lowest BCUT2D eigenvalue weighted by Gasteiger charge is -1.85. The summed E-state index contributed by atoms with van der Waals surface area (Å²) in [5.74, 6) is 0. The van der Waals surface area contributed by atoms with E-state index in [-0.39, 0.29) is 0 Å². The van der Waals surface area contributed by atoms with Crippen molar-refractivity contribution in [3.05, 3.63) is 22.2 Å². The van der Waals surface area contributed by atoms with E-state index in [9.17, 15) is 0 Å². The summed E-state index contributed by atoms with van der Waals surface area (Å²) in [6.07, 6.45) is 1.66. The molecule has 2 aromatic rings. The molecule has 0 atom stereocenters. The van der Waals surface area contributed by atoms with E-state index in [1.54, 1.807) is 17.5 Å². The van der Waals surface area contributed by atoms with Gasteiger partial charge < -0.3 is 0 Å². The standard InChI is InChI=1S/C6H4N2S2/c9-5-3-7-8-4-1-2-10-6(4)5/h1-3H,(H,8,9). The summed E-state index contributed by atoms with van der Waals surface area (Å²) in [4.78, 5) is 0.